The standard InChI is InChI=1S/C20H25N3O3S2/c1-14(2)20(25)22(8-9-26-3)13-19(24)23-16(18-7-5-11-28-18)12-15(21-23)17-6-4-10-27-17/h4-7,10-11,14,16H,8-9,12-13H2,1-3H3. The third-order valence-electron chi connectivity index (χ3n) is 4.54. The third kappa shape index (κ3) is 4.68. The van der Waals surface area contributed by atoms with Gasteiger partial charge < -0.3 is 9.64 Å². The van der Waals surface area contributed by atoms with Crippen molar-refractivity contribution in [3.8, 4) is 0 Å². The van der Waals surface area contributed by atoms with Gasteiger partial charge in [0, 0.05) is 30.9 Å². The Hall–Kier alpha value is -2.03. The van der Waals surface area contributed by atoms with Crippen LogP contribution in [0, 0.1) is 5.92 Å². The number of methoxy groups -OCH3 is 1. The highest BCUT2D eigenvalue weighted by Crippen LogP contribution is 2.36. The van der Waals surface area contributed by atoms with Crippen LogP contribution < -0.4 is 0 Å². The first-order chi connectivity index (χ1) is 13.5. The molecule has 8 heteroatoms. The Bertz CT molecular complexity index is 816. The number of carbonyl (C=O) groups is 2. The van der Waals surface area contributed by atoms with Gasteiger partial charge in [-0.25, -0.2) is 5.01 Å². The number of amides is 2. The summed E-state index contributed by atoms with van der Waals surface area (Å²) < 4.78 is 5.11. The molecule has 6 nitrogen and oxygen atoms in total. The topological polar surface area (TPSA) is 62.2 Å². The molecule has 1 unspecified atom stereocenters. The lowest BCUT2D eigenvalue weighted by molar-refractivity contribution is -0.143. The minimum atomic E-state index is -0.179. The molecule has 2 aromatic rings. The summed E-state index contributed by atoms with van der Waals surface area (Å²) in [6.07, 6.45) is 0.683. The summed E-state index contributed by atoms with van der Waals surface area (Å²) in [5.74, 6) is -0.406. The fourth-order valence-electron chi connectivity index (χ4n) is 3.10. The second-order valence-electron chi connectivity index (χ2n) is 6.90. The van der Waals surface area contributed by atoms with Gasteiger partial charge in [0.15, 0.2) is 0 Å². The fraction of sp³-hybridized carbons (Fsp3) is 0.450. The molecule has 0 saturated heterocycles. The molecular weight excluding hydrogens is 394 g/mol. The van der Waals surface area contributed by atoms with Gasteiger partial charge in [0.1, 0.15) is 6.54 Å². The first-order valence-electron chi connectivity index (χ1n) is 9.25. The highest BCUT2D eigenvalue weighted by molar-refractivity contribution is 7.12. The average Bonchev–Trinajstić information content (AvgIpc) is 3.43. The molecule has 1 aliphatic rings. The minimum absolute atomic E-state index is 0.00344. The Morgan fingerprint density at radius 2 is 2.04 bits per heavy atom. The molecule has 2 aromatic heterocycles. The smallest absolute Gasteiger partial charge is 0.262 e. The van der Waals surface area contributed by atoms with Gasteiger partial charge in [-0.2, -0.15) is 5.10 Å². The summed E-state index contributed by atoms with van der Waals surface area (Å²) in [4.78, 5) is 29.4. The van der Waals surface area contributed by atoms with Crippen molar-refractivity contribution in [2.24, 2.45) is 11.0 Å². The van der Waals surface area contributed by atoms with E-state index in [2.05, 4.69) is 5.10 Å². The predicted molar refractivity (Wildman–Crippen MR) is 113 cm³/mol. The maximum atomic E-state index is 13.2. The van der Waals surface area contributed by atoms with Crippen molar-refractivity contribution >= 4 is 40.2 Å². The van der Waals surface area contributed by atoms with Gasteiger partial charge in [-0.3, -0.25) is 9.59 Å². The monoisotopic (exact) mass is 419 g/mol. The van der Waals surface area contributed by atoms with Crippen LogP contribution in [0.25, 0.3) is 0 Å². The minimum Gasteiger partial charge on any atom is -0.383 e. The zero-order valence-corrected chi connectivity index (χ0v) is 18.0. The Kier molecular flexibility index (Phi) is 6.98. The van der Waals surface area contributed by atoms with E-state index in [4.69, 9.17) is 4.74 Å². The van der Waals surface area contributed by atoms with Gasteiger partial charge in [-0.1, -0.05) is 26.0 Å². The molecule has 150 valence electrons. The van der Waals surface area contributed by atoms with Crippen molar-refractivity contribution in [1.29, 1.82) is 0 Å². The zero-order chi connectivity index (χ0) is 20.1. The average molecular weight is 420 g/mol. The van der Waals surface area contributed by atoms with E-state index in [-0.39, 0.29) is 30.3 Å². The van der Waals surface area contributed by atoms with Crippen molar-refractivity contribution < 1.29 is 14.3 Å². The van der Waals surface area contributed by atoms with E-state index >= 15 is 0 Å². The molecule has 2 amide bonds. The summed E-state index contributed by atoms with van der Waals surface area (Å²) in [7, 11) is 1.59. The second-order valence-corrected chi connectivity index (χ2v) is 8.83. The number of hydrogen-bond acceptors (Lipinski definition) is 6. The first-order valence-corrected chi connectivity index (χ1v) is 11.0. The van der Waals surface area contributed by atoms with Crippen LogP contribution in [-0.4, -0.2) is 54.2 Å². The molecule has 3 heterocycles. The summed E-state index contributed by atoms with van der Waals surface area (Å²) >= 11 is 3.24. The number of carbonyl (C=O) groups excluding carboxylic acids is 2. The number of thiophene rings is 2. The Balaban J connectivity index is 1.82. The summed E-state index contributed by atoms with van der Waals surface area (Å²) in [6.45, 7) is 4.46. The van der Waals surface area contributed by atoms with Gasteiger partial charge in [-0.15, -0.1) is 22.7 Å². The van der Waals surface area contributed by atoms with Crippen molar-refractivity contribution in [1.82, 2.24) is 9.91 Å². The molecule has 0 bridgehead atoms. The van der Waals surface area contributed by atoms with Gasteiger partial charge >= 0.3 is 0 Å². The number of hydrazone groups is 1. The Morgan fingerprint density at radius 3 is 2.64 bits per heavy atom. The van der Waals surface area contributed by atoms with Gasteiger partial charge in [0.25, 0.3) is 5.91 Å². The molecule has 0 radical (unpaired) electrons. The number of hydrogen-bond donors (Lipinski definition) is 0. The highest BCUT2D eigenvalue weighted by atomic mass is 32.1. The van der Waals surface area contributed by atoms with Gasteiger partial charge in [0.05, 0.1) is 23.2 Å². The van der Waals surface area contributed by atoms with Crippen LogP contribution in [0.1, 0.15) is 36.1 Å². The molecular formula is C20H25N3O3S2. The van der Waals surface area contributed by atoms with E-state index in [1.54, 1.807) is 39.7 Å². The molecule has 0 aliphatic carbocycles. The number of ether oxygens (including phenoxy) is 1. The van der Waals surface area contributed by atoms with Crippen LogP contribution in [0.5, 0.6) is 0 Å². The molecule has 28 heavy (non-hydrogen) atoms. The molecule has 1 atom stereocenters. The normalized spacial score (nSPS) is 16.5. The lowest BCUT2D eigenvalue weighted by Crippen LogP contribution is -2.44. The summed E-state index contributed by atoms with van der Waals surface area (Å²) in [5.41, 5.74) is 0.917. The van der Waals surface area contributed by atoms with Crippen molar-refractivity contribution in [3.05, 3.63) is 44.8 Å². The Labute approximate surface area is 173 Å². The third-order valence-corrected chi connectivity index (χ3v) is 6.43. The largest absolute Gasteiger partial charge is 0.383 e. The molecule has 0 saturated carbocycles. The van der Waals surface area contributed by atoms with E-state index in [0.29, 0.717) is 19.6 Å². The van der Waals surface area contributed by atoms with Crippen molar-refractivity contribution in [2.45, 2.75) is 26.3 Å². The zero-order valence-electron chi connectivity index (χ0n) is 16.3. The molecule has 3 rings (SSSR count). The van der Waals surface area contributed by atoms with Crippen LogP contribution in [0.4, 0.5) is 0 Å². The predicted octanol–water partition coefficient (Wildman–Crippen LogP) is 3.62. The van der Waals surface area contributed by atoms with Crippen LogP contribution in [0.15, 0.2) is 40.1 Å². The van der Waals surface area contributed by atoms with Crippen LogP contribution >= 0.6 is 22.7 Å². The number of rotatable bonds is 8. The molecule has 0 spiro atoms. The second kappa shape index (κ2) is 9.45. The number of nitrogens with zero attached hydrogens (tertiary/aromatic N) is 3. The summed E-state index contributed by atoms with van der Waals surface area (Å²) in [6, 6.07) is 7.91. The molecule has 0 fully saturated rings. The fourth-order valence-corrected chi connectivity index (χ4v) is 4.64. The first kappa shape index (κ1) is 20.7. The molecule has 0 aromatic carbocycles. The van der Waals surface area contributed by atoms with Crippen LogP contribution in [-0.2, 0) is 14.3 Å². The maximum absolute atomic E-state index is 13.2. The van der Waals surface area contributed by atoms with Crippen molar-refractivity contribution in [3.63, 3.8) is 0 Å². The highest BCUT2D eigenvalue weighted by Gasteiger charge is 2.35. The van der Waals surface area contributed by atoms with Crippen LogP contribution in [0.3, 0.4) is 0 Å². The van der Waals surface area contributed by atoms with E-state index in [1.165, 1.54) is 0 Å². The lowest BCUT2D eigenvalue weighted by atomic mass is 10.1. The molecule has 0 N–H and O–H groups in total. The molecule has 1 aliphatic heterocycles. The maximum Gasteiger partial charge on any atom is 0.262 e. The van der Waals surface area contributed by atoms with Gasteiger partial charge in [-0.05, 0) is 22.9 Å². The van der Waals surface area contributed by atoms with E-state index < -0.39 is 0 Å². The van der Waals surface area contributed by atoms with Crippen molar-refractivity contribution in [2.75, 3.05) is 26.8 Å². The van der Waals surface area contributed by atoms with E-state index in [9.17, 15) is 9.59 Å². The van der Waals surface area contributed by atoms with E-state index in [0.717, 1.165) is 15.5 Å². The lowest BCUT2D eigenvalue weighted by Gasteiger charge is -2.27. The summed E-state index contributed by atoms with van der Waals surface area (Å²) in [5, 5.41) is 10.2. The quantitative estimate of drug-likeness (QED) is 0.657. The Morgan fingerprint density at radius 1 is 1.29 bits per heavy atom. The van der Waals surface area contributed by atoms with E-state index in [1.807, 2.05) is 48.9 Å². The SMILES string of the molecule is COCCN(CC(=O)N1N=C(c2cccs2)CC1c1cccs1)C(=O)C(C)C. The van der Waals surface area contributed by atoms with Gasteiger partial charge in [0.2, 0.25) is 5.91 Å². The van der Waals surface area contributed by atoms with Crippen LogP contribution in [0.2, 0.25) is 0 Å².